The topological polar surface area (TPSA) is 75.4 Å². The molecule has 5 nitrogen and oxygen atoms in total. The van der Waals surface area contributed by atoms with Gasteiger partial charge in [-0.2, -0.15) is 0 Å². The first-order valence-corrected chi connectivity index (χ1v) is 4.80. The van der Waals surface area contributed by atoms with Crippen LogP contribution in [0.2, 0.25) is 0 Å². The van der Waals surface area contributed by atoms with Gasteiger partial charge in [0.2, 0.25) is 0 Å². The van der Waals surface area contributed by atoms with Gasteiger partial charge < -0.3 is 11.1 Å². The lowest BCUT2D eigenvalue weighted by atomic mass is 10.1. The molecule has 1 aliphatic heterocycles. The van der Waals surface area contributed by atoms with Crippen LogP contribution in [-0.4, -0.2) is 35.0 Å². The molecule has 0 spiro atoms. The van der Waals surface area contributed by atoms with Gasteiger partial charge in [0, 0.05) is 6.54 Å². The van der Waals surface area contributed by atoms with Gasteiger partial charge in [0.1, 0.15) is 5.54 Å². The first-order valence-electron chi connectivity index (χ1n) is 4.80. The van der Waals surface area contributed by atoms with Crippen LogP contribution in [0.5, 0.6) is 0 Å². The predicted octanol–water partition coefficient (Wildman–Crippen LogP) is 0.0541. The van der Waals surface area contributed by atoms with E-state index in [9.17, 15) is 9.59 Å². The molecule has 1 unspecified atom stereocenters. The summed E-state index contributed by atoms with van der Waals surface area (Å²) >= 11 is 0. The van der Waals surface area contributed by atoms with Gasteiger partial charge in [-0.1, -0.05) is 6.92 Å². The number of amides is 3. The zero-order chi connectivity index (χ0) is 10.9. The molecule has 0 aromatic carbocycles. The summed E-state index contributed by atoms with van der Waals surface area (Å²) in [5.41, 5.74) is 4.71. The summed E-state index contributed by atoms with van der Waals surface area (Å²) < 4.78 is 0. The average molecular weight is 199 g/mol. The first kappa shape index (κ1) is 11.0. The Morgan fingerprint density at radius 2 is 2.07 bits per heavy atom. The van der Waals surface area contributed by atoms with Gasteiger partial charge in [-0.25, -0.2) is 4.79 Å². The zero-order valence-corrected chi connectivity index (χ0v) is 8.83. The van der Waals surface area contributed by atoms with Crippen LogP contribution >= 0.6 is 0 Å². The highest BCUT2D eigenvalue weighted by Crippen LogP contribution is 2.19. The molecule has 1 rings (SSSR count). The fraction of sp³-hybridized carbons (Fsp3) is 0.778. The van der Waals surface area contributed by atoms with Crippen LogP contribution in [0.25, 0.3) is 0 Å². The predicted molar refractivity (Wildman–Crippen MR) is 52.6 cm³/mol. The van der Waals surface area contributed by atoms with E-state index in [4.69, 9.17) is 5.73 Å². The van der Waals surface area contributed by atoms with E-state index in [0.29, 0.717) is 13.0 Å². The summed E-state index contributed by atoms with van der Waals surface area (Å²) in [4.78, 5) is 24.5. The van der Waals surface area contributed by atoms with Crippen molar-refractivity contribution in [2.75, 3.05) is 6.54 Å². The Kier molecular flexibility index (Phi) is 2.80. The molecule has 0 radical (unpaired) electrons. The Labute approximate surface area is 83.6 Å². The second-order valence-corrected chi connectivity index (χ2v) is 4.03. The minimum Gasteiger partial charge on any atom is -0.328 e. The molecule has 3 amide bonds. The number of hydrogen-bond donors (Lipinski definition) is 2. The Balaban J connectivity index is 2.90. The number of hydrogen-bond acceptors (Lipinski definition) is 3. The van der Waals surface area contributed by atoms with Gasteiger partial charge in [0.05, 0.1) is 6.04 Å². The number of urea groups is 1. The van der Waals surface area contributed by atoms with E-state index in [-0.39, 0.29) is 18.0 Å². The van der Waals surface area contributed by atoms with Crippen LogP contribution < -0.4 is 11.1 Å². The molecule has 0 aromatic rings. The van der Waals surface area contributed by atoms with Crippen molar-refractivity contribution in [3.63, 3.8) is 0 Å². The molecular weight excluding hydrogens is 182 g/mol. The standard InChI is InChI=1S/C9H17N3O2/c1-4-6(5-10)12-7(13)9(2,3)11-8(12)14/h6H,4-5,10H2,1-3H3,(H,11,14). The van der Waals surface area contributed by atoms with Crippen molar-refractivity contribution in [1.82, 2.24) is 10.2 Å². The third-order valence-electron chi connectivity index (χ3n) is 2.50. The van der Waals surface area contributed by atoms with Crippen molar-refractivity contribution in [2.45, 2.75) is 38.8 Å². The van der Waals surface area contributed by atoms with E-state index in [2.05, 4.69) is 5.32 Å². The molecule has 5 heteroatoms. The number of nitrogens with two attached hydrogens (primary N) is 1. The maximum Gasteiger partial charge on any atom is 0.325 e. The van der Waals surface area contributed by atoms with Crippen molar-refractivity contribution >= 4 is 11.9 Å². The van der Waals surface area contributed by atoms with E-state index < -0.39 is 5.54 Å². The second-order valence-electron chi connectivity index (χ2n) is 4.03. The van der Waals surface area contributed by atoms with Crippen molar-refractivity contribution in [3.05, 3.63) is 0 Å². The van der Waals surface area contributed by atoms with Crippen molar-refractivity contribution in [3.8, 4) is 0 Å². The van der Waals surface area contributed by atoms with Crippen molar-refractivity contribution in [2.24, 2.45) is 5.73 Å². The number of nitrogens with zero attached hydrogens (tertiary/aromatic N) is 1. The Hall–Kier alpha value is -1.10. The van der Waals surface area contributed by atoms with Gasteiger partial charge in [-0.05, 0) is 20.3 Å². The minimum atomic E-state index is -0.792. The van der Waals surface area contributed by atoms with Gasteiger partial charge in [-0.15, -0.1) is 0 Å². The van der Waals surface area contributed by atoms with Crippen molar-refractivity contribution in [1.29, 1.82) is 0 Å². The van der Waals surface area contributed by atoms with E-state index in [0.717, 1.165) is 0 Å². The number of imide groups is 1. The van der Waals surface area contributed by atoms with Crippen LogP contribution in [0, 0.1) is 0 Å². The highest BCUT2D eigenvalue weighted by Gasteiger charge is 2.46. The minimum absolute atomic E-state index is 0.190. The molecule has 1 atom stereocenters. The normalized spacial score (nSPS) is 22.4. The molecule has 0 saturated carbocycles. The van der Waals surface area contributed by atoms with Crippen LogP contribution in [0.4, 0.5) is 4.79 Å². The molecular formula is C9H17N3O2. The number of nitrogens with one attached hydrogen (secondary N) is 1. The zero-order valence-electron chi connectivity index (χ0n) is 8.83. The van der Waals surface area contributed by atoms with E-state index >= 15 is 0 Å². The average Bonchev–Trinajstić information content (AvgIpc) is 2.29. The molecule has 14 heavy (non-hydrogen) atoms. The third-order valence-corrected chi connectivity index (χ3v) is 2.50. The molecule has 0 aliphatic carbocycles. The third kappa shape index (κ3) is 1.59. The Morgan fingerprint density at radius 3 is 2.36 bits per heavy atom. The molecule has 80 valence electrons. The van der Waals surface area contributed by atoms with Gasteiger partial charge >= 0.3 is 6.03 Å². The molecule has 1 fully saturated rings. The van der Waals surface area contributed by atoms with Crippen LogP contribution in [0.3, 0.4) is 0 Å². The summed E-state index contributed by atoms with van der Waals surface area (Å²) in [6.07, 6.45) is 0.686. The van der Waals surface area contributed by atoms with E-state index in [1.165, 1.54) is 4.90 Å². The lowest BCUT2D eigenvalue weighted by Crippen LogP contribution is -2.46. The number of rotatable bonds is 3. The molecule has 1 heterocycles. The van der Waals surface area contributed by atoms with Gasteiger partial charge in [-0.3, -0.25) is 9.69 Å². The summed E-state index contributed by atoms with van der Waals surface area (Å²) in [5.74, 6) is -0.195. The van der Waals surface area contributed by atoms with Crippen LogP contribution in [-0.2, 0) is 4.79 Å². The summed E-state index contributed by atoms with van der Waals surface area (Å²) in [7, 11) is 0. The van der Waals surface area contributed by atoms with Crippen LogP contribution in [0.1, 0.15) is 27.2 Å². The highest BCUT2D eigenvalue weighted by atomic mass is 16.2. The second kappa shape index (κ2) is 3.57. The molecule has 1 aliphatic rings. The lowest BCUT2D eigenvalue weighted by molar-refractivity contribution is -0.131. The highest BCUT2D eigenvalue weighted by molar-refractivity contribution is 6.06. The maximum atomic E-state index is 11.8. The van der Waals surface area contributed by atoms with E-state index in [1.807, 2.05) is 6.92 Å². The number of carbonyl (C=O) groups is 2. The smallest absolute Gasteiger partial charge is 0.325 e. The fourth-order valence-electron chi connectivity index (χ4n) is 1.56. The maximum absolute atomic E-state index is 11.8. The quantitative estimate of drug-likeness (QED) is 0.631. The van der Waals surface area contributed by atoms with Crippen LogP contribution in [0.15, 0.2) is 0 Å². The number of carbonyl (C=O) groups excluding carboxylic acids is 2. The molecule has 3 N–H and O–H groups in total. The van der Waals surface area contributed by atoms with Gasteiger partial charge in [0.15, 0.2) is 0 Å². The summed E-state index contributed by atoms with van der Waals surface area (Å²) in [5, 5.41) is 2.62. The van der Waals surface area contributed by atoms with Gasteiger partial charge in [0.25, 0.3) is 5.91 Å². The first-order chi connectivity index (χ1) is 6.44. The van der Waals surface area contributed by atoms with Crippen molar-refractivity contribution < 1.29 is 9.59 Å². The summed E-state index contributed by atoms with van der Waals surface area (Å²) in [6, 6.07) is -0.526. The summed E-state index contributed by atoms with van der Waals surface area (Å²) in [6.45, 7) is 5.60. The van der Waals surface area contributed by atoms with E-state index in [1.54, 1.807) is 13.8 Å². The monoisotopic (exact) mass is 199 g/mol. The largest absolute Gasteiger partial charge is 0.328 e. The SMILES string of the molecule is CCC(CN)N1C(=O)NC(C)(C)C1=O. The lowest BCUT2D eigenvalue weighted by Gasteiger charge is -2.23. The fourth-order valence-corrected chi connectivity index (χ4v) is 1.56. The molecule has 0 aromatic heterocycles. The molecule has 1 saturated heterocycles. The Bertz CT molecular complexity index is 259. The molecule has 0 bridgehead atoms. The Morgan fingerprint density at radius 1 is 1.50 bits per heavy atom.